The van der Waals surface area contributed by atoms with Gasteiger partial charge in [-0.3, -0.25) is 9.59 Å². The van der Waals surface area contributed by atoms with Crippen LogP contribution in [0.1, 0.15) is 25.3 Å². The molecule has 3 rings (SSSR count). The number of hydrogen-bond acceptors (Lipinski definition) is 4. The van der Waals surface area contributed by atoms with E-state index < -0.39 is 15.9 Å². The molecule has 0 aliphatic carbocycles. The number of amides is 2. The van der Waals surface area contributed by atoms with Crippen molar-refractivity contribution in [1.29, 1.82) is 0 Å². The maximum atomic E-state index is 13.0. The number of nitrogens with one attached hydrogen (secondary N) is 2. The molecule has 0 unspecified atom stereocenters. The predicted octanol–water partition coefficient (Wildman–Crippen LogP) is 2.50. The predicted molar refractivity (Wildman–Crippen MR) is 110 cm³/mol. The van der Waals surface area contributed by atoms with Crippen LogP contribution in [0.2, 0.25) is 0 Å². The Kier molecular flexibility index (Phi) is 6.84. The summed E-state index contributed by atoms with van der Waals surface area (Å²) in [5, 5.41) is 5.40. The highest BCUT2D eigenvalue weighted by Crippen LogP contribution is 2.25. The topological polar surface area (TPSA) is 95.6 Å². The van der Waals surface area contributed by atoms with Gasteiger partial charge >= 0.3 is 0 Å². The number of carbonyl (C=O) groups is 2. The van der Waals surface area contributed by atoms with Gasteiger partial charge in [-0.25, -0.2) is 12.8 Å². The quantitative estimate of drug-likeness (QED) is 0.732. The molecule has 1 fully saturated rings. The fourth-order valence-corrected chi connectivity index (χ4v) is 4.90. The van der Waals surface area contributed by atoms with Crippen molar-refractivity contribution in [2.45, 2.75) is 31.2 Å². The minimum atomic E-state index is -3.75. The number of nitrogens with zero attached hydrogens (tertiary/aromatic N) is 1. The Morgan fingerprint density at radius 2 is 1.77 bits per heavy atom. The molecule has 0 saturated carbocycles. The van der Waals surface area contributed by atoms with E-state index in [1.54, 1.807) is 12.1 Å². The third-order valence-electron chi connectivity index (χ3n) is 4.95. The van der Waals surface area contributed by atoms with Crippen molar-refractivity contribution in [2.75, 3.05) is 18.4 Å². The summed E-state index contributed by atoms with van der Waals surface area (Å²) < 4.78 is 40.2. The Labute approximate surface area is 175 Å². The van der Waals surface area contributed by atoms with Crippen LogP contribution >= 0.6 is 0 Å². The molecule has 1 heterocycles. The first kappa shape index (κ1) is 21.9. The van der Waals surface area contributed by atoms with Crippen molar-refractivity contribution in [3.05, 3.63) is 59.9 Å². The molecule has 30 heavy (non-hydrogen) atoms. The van der Waals surface area contributed by atoms with Gasteiger partial charge in [-0.1, -0.05) is 12.1 Å². The zero-order valence-electron chi connectivity index (χ0n) is 16.6. The van der Waals surface area contributed by atoms with Gasteiger partial charge in [0.05, 0.1) is 10.8 Å². The van der Waals surface area contributed by atoms with Gasteiger partial charge in [-0.2, -0.15) is 4.31 Å². The van der Waals surface area contributed by atoms with Crippen LogP contribution in [0.15, 0.2) is 53.4 Å². The van der Waals surface area contributed by atoms with Crippen molar-refractivity contribution in [3.63, 3.8) is 0 Å². The van der Waals surface area contributed by atoms with Gasteiger partial charge in [0.1, 0.15) is 5.82 Å². The van der Waals surface area contributed by atoms with Gasteiger partial charge in [0, 0.05) is 32.2 Å². The van der Waals surface area contributed by atoms with E-state index in [0.717, 1.165) is 5.56 Å². The van der Waals surface area contributed by atoms with Crippen LogP contribution in [0, 0.1) is 11.7 Å². The second kappa shape index (κ2) is 9.36. The van der Waals surface area contributed by atoms with Crippen LogP contribution in [0.5, 0.6) is 0 Å². The zero-order valence-corrected chi connectivity index (χ0v) is 17.4. The molecular formula is C21H24FN3O4S. The number of hydrogen-bond donors (Lipinski definition) is 2. The summed E-state index contributed by atoms with van der Waals surface area (Å²) >= 11 is 0. The maximum Gasteiger partial charge on any atom is 0.243 e. The molecule has 1 atom stereocenters. The number of carbonyl (C=O) groups excluding carboxylic acids is 2. The highest BCUT2D eigenvalue weighted by Gasteiger charge is 2.33. The van der Waals surface area contributed by atoms with Crippen LogP contribution < -0.4 is 10.6 Å². The normalized spacial score (nSPS) is 17.3. The number of benzene rings is 2. The highest BCUT2D eigenvalue weighted by atomic mass is 32.2. The molecule has 0 aromatic heterocycles. The van der Waals surface area contributed by atoms with E-state index in [1.165, 1.54) is 47.6 Å². The third kappa shape index (κ3) is 5.43. The summed E-state index contributed by atoms with van der Waals surface area (Å²) in [6.45, 7) is 2.08. The lowest BCUT2D eigenvalue weighted by Crippen LogP contribution is -2.45. The van der Waals surface area contributed by atoms with Crippen LogP contribution in [0.25, 0.3) is 0 Å². The lowest BCUT2D eigenvalue weighted by atomic mass is 9.99. The first-order valence-electron chi connectivity index (χ1n) is 9.65. The number of piperidine rings is 1. The summed E-state index contributed by atoms with van der Waals surface area (Å²) in [7, 11) is -3.75. The van der Waals surface area contributed by atoms with Gasteiger partial charge in [0.2, 0.25) is 21.8 Å². The number of anilines is 1. The van der Waals surface area contributed by atoms with E-state index in [0.29, 0.717) is 25.1 Å². The molecule has 160 valence electrons. The average molecular weight is 434 g/mol. The minimum absolute atomic E-state index is 0.102. The zero-order chi connectivity index (χ0) is 21.7. The van der Waals surface area contributed by atoms with Gasteiger partial charge in [0.15, 0.2) is 0 Å². The minimum Gasteiger partial charge on any atom is -0.352 e. The smallest absolute Gasteiger partial charge is 0.243 e. The van der Waals surface area contributed by atoms with E-state index in [4.69, 9.17) is 0 Å². The van der Waals surface area contributed by atoms with Crippen molar-refractivity contribution >= 4 is 27.5 Å². The number of sulfonamides is 1. The van der Waals surface area contributed by atoms with E-state index in [1.807, 2.05) is 0 Å². The second-order valence-corrected chi connectivity index (χ2v) is 9.19. The van der Waals surface area contributed by atoms with Gasteiger partial charge in [0.25, 0.3) is 0 Å². The average Bonchev–Trinajstić information content (AvgIpc) is 2.73. The van der Waals surface area contributed by atoms with Crippen molar-refractivity contribution in [3.8, 4) is 0 Å². The van der Waals surface area contributed by atoms with E-state index in [-0.39, 0.29) is 35.6 Å². The molecular weight excluding hydrogens is 409 g/mol. The first-order chi connectivity index (χ1) is 14.3. The maximum absolute atomic E-state index is 13.0. The van der Waals surface area contributed by atoms with E-state index >= 15 is 0 Å². The summed E-state index contributed by atoms with van der Waals surface area (Å²) in [5.41, 5.74) is 1.28. The molecule has 7 nitrogen and oxygen atoms in total. The van der Waals surface area contributed by atoms with Gasteiger partial charge < -0.3 is 10.6 Å². The molecule has 0 radical (unpaired) electrons. The summed E-state index contributed by atoms with van der Waals surface area (Å²) in [5.74, 6) is -1.26. The molecule has 0 spiro atoms. The molecule has 2 aromatic carbocycles. The van der Waals surface area contributed by atoms with Crippen LogP contribution in [0.4, 0.5) is 10.1 Å². The van der Waals surface area contributed by atoms with Crippen LogP contribution in [-0.4, -0.2) is 37.6 Å². The Morgan fingerprint density at radius 1 is 1.10 bits per heavy atom. The van der Waals surface area contributed by atoms with Crippen molar-refractivity contribution in [2.24, 2.45) is 5.92 Å². The lowest BCUT2D eigenvalue weighted by molar-refractivity contribution is -0.126. The summed E-state index contributed by atoms with van der Waals surface area (Å²) in [4.78, 5) is 23.8. The lowest BCUT2D eigenvalue weighted by Gasteiger charge is -2.31. The van der Waals surface area contributed by atoms with Crippen molar-refractivity contribution in [1.82, 2.24) is 9.62 Å². The molecule has 2 amide bonds. The molecule has 1 saturated heterocycles. The van der Waals surface area contributed by atoms with E-state index in [2.05, 4.69) is 10.6 Å². The number of halogens is 1. The standard InChI is InChI=1S/C21H24FN3O4S/c1-15(26)24-19-8-10-20(11-9-19)30(28,29)25-12-2-3-17(14-25)21(27)23-13-16-4-6-18(22)7-5-16/h4-11,17H,2-3,12-14H2,1H3,(H,23,27)(H,24,26)/t17-/m1/s1. The fourth-order valence-electron chi connectivity index (χ4n) is 3.37. The SMILES string of the molecule is CC(=O)Nc1ccc(S(=O)(=O)N2CCC[C@@H](C(=O)NCc3ccc(F)cc3)C2)cc1. The van der Waals surface area contributed by atoms with Crippen LogP contribution in [0.3, 0.4) is 0 Å². The number of rotatable bonds is 6. The summed E-state index contributed by atoms with van der Waals surface area (Å²) in [6.07, 6.45) is 1.18. The van der Waals surface area contributed by atoms with Crippen LogP contribution in [-0.2, 0) is 26.2 Å². The van der Waals surface area contributed by atoms with Gasteiger partial charge in [-0.15, -0.1) is 0 Å². The summed E-state index contributed by atoms with van der Waals surface area (Å²) in [6, 6.07) is 11.8. The third-order valence-corrected chi connectivity index (χ3v) is 6.83. The molecule has 2 N–H and O–H groups in total. The molecule has 0 bridgehead atoms. The first-order valence-corrected chi connectivity index (χ1v) is 11.1. The largest absolute Gasteiger partial charge is 0.352 e. The molecule has 2 aromatic rings. The molecule has 1 aliphatic heterocycles. The second-order valence-electron chi connectivity index (χ2n) is 7.25. The molecule has 1 aliphatic rings. The Balaban J connectivity index is 1.63. The van der Waals surface area contributed by atoms with Crippen molar-refractivity contribution < 1.29 is 22.4 Å². The van der Waals surface area contributed by atoms with Gasteiger partial charge in [-0.05, 0) is 54.8 Å². The monoisotopic (exact) mass is 433 g/mol. The fraction of sp³-hybridized carbons (Fsp3) is 0.333. The highest BCUT2D eigenvalue weighted by molar-refractivity contribution is 7.89. The van der Waals surface area contributed by atoms with E-state index in [9.17, 15) is 22.4 Å². The Bertz CT molecular complexity index is 1010. The molecule has 9 heteroatoms. The Hall–Kier alpha value is -2.78. The Morgan fingerprint density at radius 3 is 2.40 bits per heavy atom.